The van der Waals surface area contributed by atoms with Gasteiger partial charge in [0.05, 0.1) is 28.4 Å². The van der Waals surface area contributed by atoms with Gasteiger partial charge in [0.2, 0.25) is 0 Å². The maximum absolute atomic E-state index is 9.08. The van der Waals surface area contributed by atoms with Crippen LogP contribution >= 0.6 is 0 Å². The van der Waals surface area contributed by atoms with Crippen molar-refractivity contribution in [1.82, 2.24) is 0 Å². The van der Waals surface area contributed by atoms with Crippen LogP contribution in [0.25, 0.3) is 0 Å². The van der Waals surface area contributed by atoms with Crippen LogP contribution in [0.3, 0.4) is 0 Å². The number of benzene rings is 2. The van der Waals surface area contributed by atoms with Crippen molar-refractivity contribution in [2.24, 2.45) is 0 Å². The smallest absolute Gasteiger partial charge is 0.101 e. The van der Waals surface area contributed by atoms with E-state index >= 15 is 0 Å². The van der Waals surface area contributed by atoms with Crippen molar-refractivity contribution >= 4 is 5.69 Å². The molecular weight excluding hydrogens is 248 g/mol. The predicted molar refractivity (Wildman–Crippen MR) is 74.4 cm³/mol. The van der Waals surface area contributed by atoms with Gasteiger partial charge in [0.1, 0.15) is 12.1 Å². The van der Waals surface area contributed by atoms with Crippen LogP contribution in [-0.2, 0) is 6.54 Å². The summed E-state index contributed by atoms with van der Waals surface area (Å²) < 4.78 is 0. The molecule has 2 aromatic rings. The number of rotatable bonds is 3. The van der Waals surface area contributed by atoms with Gasteiger partial charge < -0.3 is 5.32 Å². The van der Waals surface area contributed by atoms with Crippen LogP contribution in [0.15, 0.2) is 42.5 Å². The normalized spacial score (nSPS) is 9.05. The first-order valence-corrected chi connectivity index (χ1v) is 5.94. The molecule has 4 heteroatoms. The Hall–Kier alpha value is -3.29. The first-order valence-electron chi connectivity index (χ1n) is 5.94. The molecule has 0 saturated heterocycles. The Morgan fingerprint density at radius 1 is 0.850 bits per heavy atom. The summed E-state index contributed by atoms with van der Waals surface area (Å²) in [6, 6.07) is 18.4. The maximum Gasteiger partial charge on any atom is 0.101 e. The molecule has 0 unspecified atom stereocenters. The molecular formula is C16H10N4. The molecule has 0 bridgehead atoms. The number of para-hydroxylation sites is 1. The Bertz CT molecular complexity index is 725. The molecule has 0 spiro atoms. The minimum Gasteiger partial charge on any atom is -0.379 e. The minimum atomic E-state index is 0.431. The second-order valence-corrected chi connectivity index (χ2v) is 4.12. The summed E-state index contributed by atoms with van der Waals surface area (Å²) in [6.07, 6.45) is 0. The summed E-state index contributed by atoms with van der Waals surface area (Å²) in [5.41, 5.74) is 2.89. The highest BCUT2D eigenvalue weighted by atomic mass is 14.9. The Morgan fingerprint density at radius 2 is 1.50 bits per heavy atom. The van der Waals surface area contributed by atoms with E-state index in [0.29, 0.717) is 28.9 Å². The number of nitrogens with zero attached hydrogens (tertiary/aromatic N) is 3. The van der Waals surface area contributed by atoms with Crippen LogP contribution in [0.2, 0.25) is 0 Å². The van der Waals surface area contributed by atoms with Crippen LogP contribution in [0.1, 0.15) is 22.3 Å². The van der Waals surface area contributed by atoms with Gasteiger partial charge in [-0.1, -0.05) is 18.2 Å². The highest BCUT2D eigenvalue weighted by Crippen LogP contribution is 2.20. The van der Waals surface area contributed by atoms with Gasteiger partial charge in [-0.25, -0.2) is 0 Å². The van der Waals surface area contributed by atoms with E-state index in [9.17, 15) is 0 Å². The molecule has 2 rings (SSSR count). The molecule has 2 aromatic carbocycles. The van der Waals surface area contributed by atoms with E-state index < -0.39 is 0 Å². The summed E-state index contributed by atoms with van der Waals surface area (Å²) in [5.74, 6) is 0. The van der Waals surface area contributed by atoms with E-state index in [1.165, 1.54) is 0 Å². The second kappa shape index (κ2) is 6.05. The van der Waals surface area contributed by atoms with E-state index in [1.54, 1.807) is 36.4 Å². The van der Waals surface area contributed by atoms with Crippen LogP contribution in [0.4, 0.5) is 5.69 Å². The highest BCUT2D eigenvalue weighted by molar-refractivity contribution is 5.66. The minimum absolute atomic E-state index is 0.431. The molecule has 0 heterocycles. The lowest BCUT2D eigenvalue weighted by atomic mass is 10.1. The second-order valence-electron chi connectivity index (χ2n) is 4.12. The van der Waals surface area contributed by atoms with Gasteiger partial charge >= 0.3 is 0 Å². The molecule has 20 heavy (non-hydrogen) atoms. The van der Waals surface area contributed by atoms with Crippen molar-refractivity contribution in [2.75, 3.05) is 5.32 Å². The standard InChI is InChI=1S/C16H10N4/c17-8-12-3-1-4-13(7-12)11-20-16-14(9-18)5-2-6-15(16)10-19/h1-7,20H,11H2. The summed E-state index contributed by atoms with van der Waals surface area (Å²) in [7, 11) is 0. The maximum atomic E-state index is 9.08. The lowest BCUT2D eigenvalue weighted by Gasteiger charge is -2.10. The van der Waals surface area contributed by atoms with E-state index in [2.05, 4.69) is 23.5 Å². The molecule has 4 nitrogen and oxygen atoms in total. The summed E-state index contributed by atoms with van der Waals surface area (Å²) in [4.78, 5) is 0. The first-order chi connectivity index (χ1) is 9.78. The Morgan fingerprint density at radius 3 is 2.10 bits per heavy atom. The quantitative estimate of drug-likeness (QED) is 0.917. The van der Waals surface area contributed by atoms with Gasteiger partial charge in [-0.3, -0.25) is 0 Å². The fourth-order valence-electron chi connectivity index (χ4n) is 1.87. The molecule has 0 fully saturated rings. The fourth-order valence-corrected chi connectivity index (χ4v) is 1.87. The molecule has 0 saturated carbocycles. The third kappa shape index (κ3) is 2.75. The third-order valence-electron chi connectivity index (χ3n) is 2.83. The van der Waals surface area contributed by atoms with E-state index in [1.807, 2.05) is 6.07 Å². The SMILES string of the molecule is N#Cc1cccc(CNc2c(C#N)cccc2C#N)c1. The van der Waals surface area contributed by atoms with Crippen molar-refractivity contribution in [3.63, 3.8) is 0 Å². The topological polar surface area (TPSA) is 83.4 Å². The molecule has 1 N–H and O–H groups in total. The van der Waals surface area contributed by atoms with Gasteiger partial charge in [-0.05, 0) is 29.8 Å². The lowest BCUT2D eigenvalue weighted by molar-refractivity contribution is 1.14. The van der Waals surface area contributed by atoms with Gasteiger partial charge in [0.15, 0.2) is 0 Å². The van der Waals surface area contributed by atoms with Crippen LogP contribution < -0.4 is 5.32 Å². The number of nitrogens with one attached hydrogen (secondary N) is 1. The van der Waals surface area contributed by atoms with E-state index in [0.717, 1.165) is 5.56 Å². The number of hydrogen-bond acceptors (Lipinski definition) is 4. The average Bonchev–Trinajstić information content (AvgIpc) is 2.52. The molecule has 0 atom stereocenters. The molecule has 0 amide bonds. The van der Waals surface area contributed by atoms with Crippen molar-refractivity contribution in [1.29, 1.82) is 15.8 Å². The summed E-state index contributed by atoms with van der Waals surface area (Å²) >= 11 is 0. The van der Waals surface area contributed by atoms with E-state index in [-0.39, 0.29) is 0 Å². The molecule has 0 radical (unpaired) electrons. The van der Waals surface area contributed by atoms with Gasteiger partial charge in [0, 0.05) is 6.54 Å². The van der Waals surface area contributed by atoms with Crippen molar-refractivity contribution in [2.45, 2.75) is 6.54 Å². The van der Waals surface area contributed by atoms with E-state index in [4.69, 9.17) is 15.8 Å². The molecule has 94 valence electrons. The van der Waals surface area contributed by atoms with Gasteiger partial charge in [-0.15, -0.1) is 0 Å². The zero-order chi connectivity index (χ0) is 14.4. The summed E-state index contributed by atoms with van der Waals surface area (Å²) in [6.45, 7) is 0.447. The van der Waals surface area contributed by atoms with Gasteiger partial charge in [-0.2, -0.15) is 15.8 Å². The Balaban J connectivity index is 2.26. The third-order valence-corrected chi connectivity index (χ3v) is 2.83. The van der Waals surface area contributed by atoms with Crippen LogP contribution in [0, 0.1) is 34.0 Å². The number of nitriles is 3. The molecule has 0 aromatic heterocycles. The van der Waals surface area contributed by atoms with Crippen molar-refractivity contribution in [3.05, 3.63) is 64.7 Å². The number of anilines is 1. The predicted octanol–water partition coefficient (Wildman–Crippen LogP) is 2.91. The Labute approximate surface area is 117 Å². The van der Waals surface area contributed by atoms with Gasteiger partial charge in [0.25, 0.3) is 0 Å². The zero-order valence-corrected chi connectivity index (χ0v) is 10.6. The fraction of sp³-hybridized carbons (Fsp3) is 0.0625. The summed E-state index contributed by atoms with van der Waals surface area (Å²) in [5, 5.41) is 30.1. The largest absolute Gasteiger partial charge is 0.379 e. The average molecular weight is 258 g/mol. The highest BCUT2D eigenvalue weighted by Gasteiger charge is 2.07. The number of hydrogen-bond donors (Lipinski definition) is 1. The van der Waals surface area contributed by atoms with Crippen LogP contribution in [0.5, 0.6) is 0 Å². The lowest BCUT2D eigenvalue weighted by Crippen LogP contribution is -2.03. The Kier molecular flexibility index (Phi) is 3.98. The molecule has 0 aliphatic carbocycles. The first kappa shape index (κ1) is 13.1. The molecule has 0 aliphatic heterocycles. The van der Waals surface area contributed by atoms with Crippen LogP contribution in [-0.4, -0.2) is 0 Å². The monoisotopic (exact) mass is 258 g/mol. The van der Waals surface area contributed by atoms with Crippen molar-refractivity contribution < 1.29 is 0 Å². The molecule has 0 aliphatic rings. The van der Waals surface area contributed by atoms with Crippen molar-refractivity contribution in [3.8, 4) is 18.2 Å². The zero-order valence-electron chi connectivity index (χ0n) is 10.6.